The van der Waals surface area contributed by atoms with Gasteiger partial charge in [-0.3, -0.25) is 0 Å². The van der Waals surface area contributed by atoms with E-state index < -0.39 is 0 Å². The maximum atomic E-state index is 10.7. The van der Waals surface area contributed by atoms with Crippen molar-refractivity contribution >= 4 is 0 Å². The summed E-state index contributed by atoms with van der Waals surface area (Å²) in [6, 6.07) is 0. The predicted molar refractivity (Wildman–Crippen MR) is 128 cm³/mol. The highest BCUT2D eigenvalue weighted by Crippen LogP contribution is 2.70. The van der Waals surface area contributed by atoms with Crippen molar-refractivity contribution in [1.82, 2.24) is 0 Å². The molecule has 1 nitrogen and oxygen atoms in total. The van der Waals surface area contributed by atoms with Crippen LogP contribution in [0.4, 0.5) is 0 Å². The molecule has 0 aromatic carbocycles. The van der Waals surface area contributed by atoms with E-state index >= 15 is 0 Å². The summed E-state index contributed by atoms with van der Waals surface area (Å²) >= 11 is 0. The smallest absolute Gasteiger partial charge is 0.0594 e. The second-order valence-corrected chi connectivity index (χ2v) is 12.9. The number of aliphatic hydroxyl groups excluding tert-OH is 1. The highest BCUT2D eigenvalue weighted by molar-refractivity contribution is 5.36. The Morgan fingerprint density at radius 1 is 1.03 bits per heavy atom. The molecule has 170 valence electrons. The molecule has 0 spiro atoms. The molecule has 2 fully saturated rings. The standard InChI is InChI=1S/C29H48O/c1-19(2)9-8-10-20(3)23-16-18-29(7)25-13-12-24-21(11-14-26(30)27(24,4)5)22(25)15-17-28(23,29)6/h9,20-21,23-24,26,30H,8,10-18H2,1-7H3/t20?,21-,23?,24?,26?,28-,29?/m1/s1. The van der Waals surface area contributed by atoms with E-state index in [0.29, 0.717) is 16.7 Å². The Balaban J connectivity index is 1.60. The molecule has 0 aromatic heterocycles. The molecule has 4 rings (SSSR count). The summed E-state index contributed by atoms with van der Waals surface area (Å²) in [5.74, 6) is 3.15. The van der Waals surface area contributed by atoms with E-state index in [9.17, 15) is 5.11 Å². The summed E-state index contributed by atoms with van der Waals surface area (Å²) in [4.78, 5) is 0. The van der Waals surface area contributed by atoms with Crippen molar-refractivity contribution < 1.29 is 5.11 Å². The maximum absolute atomic E-state index is 10.7. The van der Waals surface area contributed by atoms with E-state index in [0.717, 1.165) is 24.2 Å². The van der Waals surface area contributed by atoms with Gasteiger partial charge in [0.2, 0.25) is 0 Å². The van der Waals surface area contributed by atoms with Crippen LogP contribution < -0.4 is 0 Å². The zero-order valence-corrected chi connectivity index (χ0v) is 21.0. The van der Waals surface area contributed by atoms with E-state index in [1.165, 1.54) is 63.4 Å². The van der Waals surface area contributed by atoms with Gasteiger partial charge in [-0.1, -0.05) is 57.4 Å². The molecule has 0 radical (unpaired) electrons. The van der Waals surface area contributed by atoms with Crippen molar-refractivity contribution in [2.75, 3.05) is 0 Å². The summed E-state index contributed by atoms with van der Waals surface area (Å²) < 4.78 is 0. The molecule has 4 aliphatic carbocycles. The lowest BCUT2D eigenvalue weighted by Crippen LogP contribution is -2.50. The van der Waals surface area contributed by atoms with E-state index in [-0.39, 0.29) is 11.5 Å². The first-order valence-corrected chi connectivity index (χ1v) is 13.1. The normalized spacial score (nSPS) is 43.5. The van der Waals surface area contributed by atoms with Crippen molar-refractivity contribution in [1.29, 1.82) is 0 Å². The molecule has 2 saturated carbocycles. The average molecular weight is 413 g/mol. The lowest BCUT2D eigenvalue weighted by atomic mass is 9.47. The van der Waals surface area contributed by atoms with Crippen molar-refractivity contribution in [2.45, 2.75) is 119 Å². The van der Waals surface area contributed by atoms with Gasteiger partial charge in [0.05, 0.1) is 6.10 Å². The Kier molecular flexibility index (Phi) is 5.87. The predicted octanol–water partition coefficient (Wildman–Crippen LogP) is 8.09. The van der Waals surface area contributed by atoms with E-state index in [1.54, 1.807) is 0 Å². The van der Waals surface area contributed by atoms with Crippen LogP contribution in [0.25, 0.3) is 0 Å². The Morgan fingerprint density at radius 3 is 2.47 bits per heavy atom. The summed E-state index contributed by atoms with van der Waals surface area (Å²) in [5.41, 5.74) is 6.21. The molecule has 0 aliphatic heterocycles. The molecule has 4 aliphatic rings. The monoisotopic (exact) mass is 412 g/mol. The van der Waals surface area contributed by atoms with Crippen molar-refractivity contribution in [2.24, 2.45) is 39.9 Å². The third-order valence-electron chi connectivity index (χ3n) is 11.1. The largest absolute Gasteiger partial charge is 0.393 e. The fraction of sp³-hybridized carbons (Fsp3) is 0.862. The van der Waals surface area contributed by atoms with Crippen molar-refractivity contribution in [3.05, 3.63) is 22.8 Å². The summed E-state index contributed by atoms with van der Waals surface area (Å²) in [6.07, 6.45) is 15.3. The Labute approximate surface area is 186 Å². The van der Waals surface area contributed by atoms with E-state index in [1.807, 2.05) is 11.1 Å². The number of fused-ring (bicyclic) bond motifs is 4. The number of aliphatic hydroxyl groups is 1. The molecular weight excluding hydrogens is 364 g/mol. The van der Waals surface area contributed by atoms with Gasteiger partial charge in [-0.25, -0.2) is 0 Å². The highest BCUT2D eigenvalue weighted by atomic mass is 16.3. The quantitative estimate of drug-likeness (QED) is 0.462. The van der Waals surface area contributed by atoms with Crippen LogP contribution in [0.5, 0.6) is 0 Å². The van der Waals surface area contributed by atoms with Crippen LogP contribution in [-0.4, -0.2) is 11.2 Å². The molecule has 0 heterocycles. The van der Waals surface area contributed by atoms with Gasteiger partial charge in [0.1, 0.15) is 0 Å². The number of allylic oxidation sites excluding steroid dienone is 4. The number of hydrogen-bond donors (Lipinski definition) is 1. The van der Waals surface area contributed by atoms with Gasteiger partial charge in [0.15, 0.2) is 0 Å². The minimum atomic E-state index is -0.108. The molecule has 1 N–H and O–H groups in total. The van der Waals surface area contributed by atoms with Crippen LogP contribution in [0.3, 0.4) is 0 Å². The summed E-state index contributed by atoms with van der Waals surface area (Å²) in [7, 11) is 0. The zero-order valence-electron chi connectivity index (χ0n) is 21.0. The SMILES string of the molecule is CC(C)=CCCC(C)C1CCC2(C)C3=C(CC[C@]12C)[C@H]1CCC(O)C(C)(C)C1CC3. The molecule has 0 aromatic rings. The minimum Gasteiger partial charge on any atom is -0.393 e. The van der Waals surface area contributed by atoms with Gasteiger partial charge in [0.25, 0.3) is 0 Å². The Hall–Kier alpha value is -0.560. The zero-order chi connectivity index (χ0) is 21.9. The van der Waals surface area contributed by atoms with E-state index in [4.69, 9.17) is 0 Å². The molecule has 0 saturated heterocycles. The molecular formula is C29H48O. The van der Waals surface area contributed by atoms with Crippen LogP contribution in [0.2, 0.25) is 0 Å². The second-order valence-electron chi connectivity index (χ2n) is 12.9. The minimum absolute atomic E-state index is 0.0841. The van der Waals surface area contributed by atoms with Crippen LogP contribution >= 0.6 is 0 Å². The molecule has 5 unspecified atom stereocenters. The highest BCUT2D eigenvalue weighted by Gasteiger charge is 2.60. The number of rotatable bonds is 4. The molecule has 0 bridgehead atoms. The first-order chi connectivity index (χ1) is 14.0. The lowest BCUT2D eigenvalue weighted by Gasteiger charge is -2.58. The van der Waals surface area contributed by atoms with Crippen LogP contribution in [0.15, 0.2) is 22.8 Å². The van der Waals surface area contributed by atoms with Crippen molar-refractivity contribution in [3.63, 3.8) is 0 Å². The summed E-state index contributed by atoms with van der Waals surface area (Å²) in [5, 5.41) is 10.7. The summed E-state index contributed by atoms with van der Waals surface area (Å²) in [6.45, 7) is 17.0. The van der Waals surface area contributed by atoms with Gasteiger partial charge < -0.3 is 5.11 Å². The third kappa shape index (κ3) is 3.28. The Morgan fingerprint density at radius 2 is 1.77 bits per heavy atom. The fourth-order valence-corrected chi connectivity index (χ4v) is 8.87. The molecule has 7 atom stereocenters. The number of hydrogen-bond acceptors (Lipinski definition) is 1. The van der Waals surface area contributed by atoms with Gasteiger partial charge >= 0.3 is 0 Å². The lowest BCUT2D eigenvalue weighted by molar-refractivity contribution is -0.0627. The maximum Gasteiger partial charge on any atom is 0.0594 e. The first-order valence-electron chi connectivity index (χ1n) is 13.1. The van der Waals surface area contributed by atoms with Crippen LogP contribution in [-0.2, 0) is 0 Å². The molecule has 30 heavy (non-hydrogen) atoms. The second kappa shape index (κ2) is 7.79. The van der Waals surface area contributed by atoms with Gasteiger partial charge in [0, 0.05) is 0 Å². The average Bonchev–Trinajstić information content (AvgIpc) is 2.96. The molecule has 0 amide bonds. The van der Waals surface area contributed by atoms with Crippen LogP contribution in [0, 0.1) is 39.9 Å². The van der Waals surface area contributed by atoms with Gasteiger partial charge in [-0.2, -0.15) is 0 Å². The third-order valence-corrected chi connectivity index (χ3v) is 11.1. The topological polar surface area (TPSA) is 20.2 Å². The van der Waals surface area contributed by atoms with Gasteiger partial charge in [-0.05, 0) is 118 Å². The fourth-order valence-electron chi connectivity index (χ4n) is 8.87. The van der Waals surface area contributed by atoms with E-state index in [2.05, 4.69) is 54.5 Å². The first kappa shape index (κ1) is 22.6. The Bertz CT molecular complexity index is 723. The van der Waals surface area contributed by atoms with Gasteiger partial charge in [-0.15, -0.1) is 0 Å². The van der Waals surface area contributed by atoms with Crippen molar-refractivity contribution in [3.8, 4) is 0 Å². The van der Waals surface area contributed by atoms with Crippen LogP contribution in [0.1, 0.15) is 113 Å². The molecule has 1 heteroatoms.